The third-order valence-corrected chi connectivity index (χ3v) is 2.25. The van der Waals surface area contributed by atoms with Crippen LogP contribution in [0.1, 0.15) is 16.3 Å². The molecule has 0 saturated carbocycles. The van der Waals surface area contributed by atoms with E-state index in [1.165, 1.54) is 12.1 Å². The maximum absolute atomic E-state index is 11.4. The minimum absolute atomic E-state index is 0.138. The summed E-state index contributed by atoms with van der Waals surface area (Å²) >= 11 is 0. The molecule has 98 valence electrons. The minimum atomic E-state index is -1.24. The number of aromatic carboxylic acids is 1. The van der Waals surface area contributed by atoms with E-state index in [-0.39, 0.29) is 23.8 Å². The Hall–Kier alpha value is -2.97. The second-order valence-corrected chi connectivity index (χ2v) is 3.55. The summed E-state index contributed by atoms with van der Waals surface area (Å²) in [5.41, 5.74) is -1.04. The van der Waals surface area contributed by atoms with E-state index >= 15 is 0 Å². The van der Waals surface area contributed by atoms with Crippen molar-refractivity contribution in [2.45, 2.75) is 6.54 Å². The van der Waals surface area contributed by atoms with Gasteiger partial charge in [0.2, 0.25) is 5.76 Å². The monoisotopic (exact) mass is 265 g/mol. The molecular weight excluding hydrogens is 258 g/mol. The summed E-state index contributed by atoms with van der Waals surface area (Å²) < 4.78 is 5.91. The van der Waals surface area contributed by atoms with Crippen molar-refractivity contribution >= 4 is 11.7 Å². The Kier molecular flexibility index (Phi) is 3.10. The Bertz CT molecular complexity index is 701. The molecule has 2 rings (SSSR count). The summed E-state index contributed by atoms with van der Waals surface area (Å²) in [7, 11) is 0. The second kappa shape index (κ2) is 4.72. The van der Waals surface area contributed by atoms with Crippen molar-refractivity contribution in [2.24, 2.45) is 0 Å². The summed E-state index contributed by atoms with van der Waals surface area (Å²) in [5.74, 6) is -1.33. The van der Waals surface area contributed by atoms with Gasteiger partial charge in [0.15, 0.2) is 0 Å². The lowest BCUT2D eigenvalue weighted by Crippen LogP contribution is -2.22. The van der Waals surface area contributed by atoms with Gasteiger partial charge in [0, 0.05) is 0 Å². The first-order valence-corrected chi connectivity index (χ1v) is 5.00. The van der Waals surface area contributed by atoms with E-state index in [4.69, 9.17) is 9.52 Å². The Morgan fingerprint density at radius 2 is 2.26 bits per heavy atom. The number of carboxylic acids is 1. The summed E-state index contributed by atoms with van der Waals surface area (Å²) in [6, 6.07) is 2.60. The van der Waals surface area contributed by atoms with Crippen LogP contribution in [0, 0.1) is 10.1 Å². The van der Waals surface area contributed by atoms with Crippen LogP contribution in [0.5, 0.6) is 0 Å². The van der Waals surface area contributed by atoms with Gasteiger partial charge in [-0.1, -0.05) is 0 Å². The molecule has 0 aliphatic carbocycles. The molecule has 2 aromatic heterocycles. The van der Waals surface area contributed by atoms with Crippen LogP contribution in [0.3, 0.4) is 0 Å². The molecule has 0 bridgehead atoms. The Morgan fingerprint density at radius 3 is 2.84 bits per heavy atom. The molecule has 0 fully saturated rings. The molecule has 2 aromatic rings. The Labute approximate surface area is 104 Å². The normalized spacial score (nSPS) is 10.3. The van der Waals surface area contributed by atoms with Crippen molar-refractivity contribution < 1.29 is 19.2 Å². The molecule has 2 heterocycles. The number of rotatable bonds is 4. The van der Waals surface area contributed by atoms with Gasteiger partial charge in [-0.3, -0.25) is 14.7 Å². The van der Waals surface area contributed by atoms with E-state index in [0.717, 1.165) is 17.0 Å². The van der Waals surface area contributed by atoms with Crippen molar-refractivity contribution in [1.29, 1.82) is 0 Å². The molecule has 0 saturated heterocycles. The van der Waals surface area contributed by atoms with Gasteiger partial charge >= 0.3 is 17.3 Å². The molecule has 0 radical (unpaired) electrons. The molecule has 1 N–H and O–H groups in total. The number of nitro groups is 1. The zero-order chi connectivity index (χ0) is 14.0. The molecule has 0 amide bonds. The van der Waals surface area contributed by atoms with Crippen LogP contribution < -0.4 is 5.69 Å². The minimum Gasteiger partial charge on any atom is -0.475 e. The maximum atomic E-state index is 11.4. The topological polar surface area (TPSA) is 128 Å². The van der Waals surface area contributed by atoms with Crippen molar-refractivity contribution in [3.8, 4) is 0 Å². The third kappa shape index (κ3) is 2.65. The fourth-order valence-electron chi connectivity index (χ4n) is 1.40. The third-order valence-electron chi connectivity index (χ3n) is 2.25. The zero-order valence-electron chi connectivity index (χ0n) is 9.35. The molecule has 0 unspecified atom stereocenters. The van der Waals surface area contributed by atoms with Crippen molar-refractivity contribution in [3.05, 3.63) is 56.6 Å². The summed E-state index contributed by atoms with van der Waals surface area (Å²) in [6.07, 6.45) is 1.86. The van der Waals surface area contributed by atoms with Crippen LogP contribution in [-0.2, 0) is 6.54 Å². The van der Waals surface area contributed by atoms with E-state index in [2.05, 4.69) is 4.98 Å². The van der Waals surface area contributed by atoms with Gasteiger partial charge < -0.3 is 9.52 Å². The molecular formula is C10H7N3O6. The van der Waals surface area contributed by atoms with E-state index < -0.39 is 16.6 Å². The highest BCUT2D eigenvalue weighted by atomic mass is 16.6. The number of aromatic nitrogens is 2. The standard InChI is InChI=1S/C10H7N3O6/c14-9(15)8-2-1-7(19-8)5-12-4-6(13(17)18)3-11-10(12)16/h1-4H,5H2,(H,14,15). The predicted molar refractivity (Wildman–Crippen MR) is 59.9 cm³/mol. The van der Waals surface area contributed by atoms with Gasteiger partial charge in [-0.05, 0) is 12.1 Å². The van der Waals surface area contributed by atoms with Gasteiger partial charge in [0.05, 0.1) is 17.7 Å². The zero-order valence-corrected chi connectivity index (χ0v) is 9.35. The SMILES string of the molecule is O=C(O)c1ccc(Cn2cc([N+](=O)[O-])cnc2=O)o1. The Balaban J connectivity index is 2.31. The molecule has 0 atom stereocenters. The second-order valence-electron chi connectivity index (χ2n) is 3.55. The predicted octanol–water partition coefficient (Wildman–Crippen LogP) is 0.491. The van der Waals surface area contributed by atoms with Gasteiger partial charge in [-0.15, -0.1) is 0 Å². The first-order valence-electron chi connectivity index (χ1n) is 5.00. The van der Waals surface area contributed by atoms with Crippen LogP contribution in [0.15, 0.2) is 33.7 Å². The first-order chi connectivity index (χ1) is 8.97. The molecule has 19 heavy (non-hydrogen) atoms. The van der Waals surface area contributed by atoms with E-state index in [1.54, 1.807) is 0 Å². The number of hydrogen-bond donors (Lipinski definition) is 1. The fourth-order valence-corrected chi connectivity index (χ4v) is 1.40. The van der Waals surface area contributed by atoms with Crippen LogP contribution >= 0.6 is 0 Å². The molecule has 0 aliphatic heterocycles. The molecule has 9 nitrogen and oxygen atoms in total. The Morgan fingerprint density at radius 1 is 1.53 bits per heavy atom. The van der Waals surface area contributed by atoms with Gasteiger partial charge in [-0.25, -0.2) is 9.59 Å². The maximum Gasteiger partial charge on any atom is 0.371 e. The quantitative estimate of drug-likeness (QED) is 0.629. The summed E-state index contributed by atoms with van der Waals surface area (Å²) in [4.78, 5) is 35.2. The average Bonchev–Trinajstić information content (AvgIpc) is 2.80. The van der Waals surface area contributed by atoms with Crippen LogP contribution in [-0.4, -0.2) is 25.6 Å². The van der Waals surface area contributed by atoms with Gasteiger partial charge in [-0.2, -0.15) is 4.98 Å². The summed E-state index contributed by atoms with van der Waals surface area (Å²) in [5, 5.41) is 19.2. The lowest BCUT2D eigenvalue weighted by atomic mass is 10.4. The first kappa shape index (κ1) is 12.5. The molecule has 0 aromatic carbocycles. The number of furan rings is 1. The molecule has 0 aliphatic rings. The smallest absolute Gasteiger partial charge is 0.371 e. The van der Waals surface area contributed by atoms with Crippen molar-refractivity contribution in [2.75, 3.05) is 0 Å². The van der Waals surface area contributed by atoms with Crippen LogP contribution in [0.4, 0.5) is 5.69 Å². The van der Waals surface area contributed by atoms with E-state index in [0.29, 0.717) is 0 Å². The highest BCUT2D eigenvalue weighted by molar-refractivity contribution is 5.84. The van der Waals surface area contributed by atoms with Gasteiger partial charge in [0.1, 0.15) is 12.0 Å². The van der Waals surface area contributed by atoms with Gasteiger partial charge in [0.25, 0.3) is 0 Å². The van der Waals surface area contributed by atoms with Crippen molar-refractivity contribution in [1.82, 2.24) is 9.55 Å². The summed E-state index contributed by atoms with van der Waals surface area (Å²) in [6.45, 7) is -0.138. The highest BCUT2D eigenvalue weighted by Gasteiger charge is 2.12. The largest absolute Gasteiger partial charge is 0.475 e. The number of carboxylic acid groups (broad SMARTS) is 1. The lowest BCUT2D eigenvalue weighted by molar-refractivity contribution is -0.385. The highest BCUT2D eigenvalue weighted by Crippen LogP contribution is 2.10. The molecule has 9 heteroatoms. The van der Waals surface area contributed by atoms with Crippen LogP contribution in [0.25, 0.3) is 0 Å². The number of hydrogen-bond acceptors (Lipinski definition) is 6. The van der Waals surface area contributed by atoms with Crippen molar-refractivity contribution in [3.63, 3.8) is 0 Å². The average molecular weight is 265 g/mol. The molecule has 0 spiro atoms. The number of nitrogens with zero attached hydrogens (tertiary/aromatic N) is 3. The number of carbonyl (C=O) groups is 1. The lowest BCUT2D eigenvalue weighted by Gasteiger charge is -2.01. The van der Waals surface area contributed by atoms with E-state index in [9.17, 15) is 19.7 Å². The van der Waals surface area contributed by atoms with E-state index in [1.807, 2.05) is 0 Å². The van der Waals surface area contributed by atoms with Crippen LogP contribution in [0.2, 0.25) is 0 Å². The fraction of sp³-hybridized carbons (Fsp3) is 0.100.